The van der Waals surface area contributed by atoms with Crippen LogP contribution in [0.25, 0.3) is 0 Å². The number of amides is 1. The summed E-state index contributed by atoms with van der Waals surface area (Å²) in [7, 11) is 0. The first-order valence-corrected chi connectivity index (χ1v) is 7.56. The Balaban J connectivity index is 2.65. The van der Waals surface area contributed by atoms with Gasteiger partial charge in [0.15, 0.2) is 0 Å². The minimum atomic E-state index is -0.631. The normalized spacial score (nSPS) is 19.2. The van der Waals surface area contributed by atoms with Gasteiger partial charge >= 0.3 is 0 Å². The predicted octanol–water partition coefficient (Wildman–Crippen LogP) is 1.74. The highest BCUT2D eigenvalue weighted by Crippen LogP contribution is 2.29. The van der Waals surface area contributed by atoms with Crippen LogP contribution in [0.5, 0.6) is 0 Å². The van der Waals surface area contributed by atoms with E-state index in [-0.39, 0.29) is 11.9 Å². The van der Waals surface area contributed by atoms with Crippen molar-refractivity contribution in [2.24, 2.45) is 11.7 Å². The van der Waals surface area contributed by atoms with Crippen LogP contribution >= 0.6 is 0 Å². The largest absolute Gasteiger partial charge is 0.368 e. The SMILES string of the molecule is CC(C)CCN(CC(C)(NC(C)C)C(N)=O)C1CC1. The first kappa shape index (κ1) is 16.4. The van der Waals surface area contributed by atoms with Crippen LogP contribution in [0.2, 0.25) is 0 Å². The number of hydrogen-bond acceptors (Lipinski definition) is 3. The monoisotopic (exact) mass is 269 g/mol. The Morgan fingerprint density at radius 3 is 2.32 bits per heavy atom. The molecule has 0 aromatic carbocycles. The number of rotatable bonds is 9. The van der Waals surface area contributed by atoms with Crippen molar-refractivity contribution in [2.75, 3.05) is 13.1 Å². The average Bonchev–Trinajstić information content (AvgIpc) is 3.06. The molecule has 0 spiro atoms. The van der Waals surface area contributed by atoms with E-state index >= 15 is 0 Å². The van der Waals surface area contributed by atoms with Crippen LogP contribution in [-0.4, -0.2) is 41.5 Å². The van der Waals surface area contributed by atoms with Gasteiger partial charge in [0.1, 0.15) is 5.54 Å². The zero-order chi connectivity index (χ0) is 14.6. The lowest BCUT2D eigenvalue weighted by molar-refractivity contribution is -0.125. The van der Waals surface area contributed by atoms with Crippen LogP contribution in [0, 0.1) is 5.92 Å². The van der Waals surface area contributed by atoms with Crippen LogP contribution in [-0.2, 0) is 4.79 Å². The van der Waals surface area contributed by atoms with Gasteiger partial charge in [-0.15, -0.1) is 0 Å². The van der Waals surface area contributed by atoms with Crippen LogP contribution in [0.4, 0.5) is 0 Å². The molecule has 0 bridgehead atoms. The number of carbonyl (C=O) groups excluding carboxylic acids is 1. The van der Waals surface area contributed by atoms with Gasteiger partial charge in [-0.1, -0.05) is 13.8 Å². The van der Waals surface area contributed by atoms with Crippen LogP contribution in [0.15, 0.2) is 0 Å². The fraction of sp³-hybridized carbons (Fsp3) is 0.933. The van der Waals surface area contributed by atoms with Crippen molar-refractivity contribution >= 4 is 5.91 Å². The third kappa shape index (κ3) is 5.49. The van der Waals surface area contributed by atoms with Crippen LogP contribution in [0.1, 0.15) is 53.9 Å². The van der Waals surface area contributed by atoms with Gasteiger partial charge in [-0.05, 0) is 52.5 Å². The smallest absolute Gasteiger partial charge is 0.238 e. The van der Waals surface area contributed by atoms with E-state index in [1.807, 2.05) is 6.92 Å². The van der Waals surface area contributed by atoms with Gasteiger partial charge in [0, 0.05) is 18.6 Å². The first-order valence-electron chi connectivity index (χ1n) is 7.56. The highest BCUT2D eigenvalue weighted by molar-refractivity contribution is 5.84. The maximum Gasteiger partial charge on any atom is 0.238 e. The Hall–Kier alpha value is -0.610. The minimum absolute atomic E-state index is 0.253. The van der Waals surface area contributed by atoms with Gasteiger partial charge in [0.2, 0.25) is 5.91 Å². The van der Waals surface area contributed by atoms with E-state index in [1.165, 1.54) is 19.3 Å². The fourth-order valence-electron chi connectivity index (χ4n) is 2.49. The summed E-state index contributed by atoms with van der Waals surface area (Å²) in [5.74, 6) is 0.440. The highest BCUT2D eigenvalue weighted by Gasteiger charge is 2.38. The van der Waals surface area contributed by atoms with Crippen molar-refractivity contribution in [2.45, 2.75) is 71.5 Å². The molecule has 4 nitrogen and oxygen atoms in total. The maximum atomic E-state index is 11.8. The summed E-state index contributed by atoms with van der Waals surface area (Å²) >= 11 is 0. The number of carbonyl (C=O) groups is 1. The predicted molar refractivity (Wildman–Crippen MR) is 79.9 cm³/mol. The molecule has 1 aliphatic carbocycles. The number of nitrogens with one attached hydrogen (secondary N) is 1. The highest BCUT2D eigenvalue weighted by atomic mass is 16.1. The second-order valence-electron chi connectivity index (χ2n) is 6.88. The topological polar surface area (TPSA) is 58.4 Å². The third-order valence-corrected chi connectivity index (χ3v) is 3.73. The molecule has 0 saturated heterocycles. The Labute approximate surface area is 118 Å². The van der Waals surface area contributed by atoms with E-state index in [1.54, 1.807) is 0 Å². The molecule has 1 atom stereocenters. The van der Waals surface area contributed by atoms with E-state index in [0.717, 1.165) is 13.1 Å². The van der Waals surface area contributed by atoms with Gasteiger partial charge in [0.05, 0.1) is 0 Å². The molecule has 1 fully saturated rings. The number of nitrogens with two attached hydrogens (primary N) is 1. The van der Waals surface area contributed by atoms with E-state index in [0.29, 0.717) is 12.0 Å². The van der Waals surface area contributed by atoms with Gasteiger partial charge in [-0.3, -0.25) is 9.69 Å². The molecule has 1 unspecified atom stereocenters. The van der Waals surface area contributed by atoms with E-state index < -0.39 is 5.54 Å². The molecule has 112 valence electrons. The lowest BCUT2D eigenvalue weighted by Gasteiger charge is -2.36. The summed E-state index contributed by atoms with van der Waals surface area (Å²) in [6, 6.07) is 0.912. The van der Waals surface area contributed by atoms with Crippen molar-refractivity contribution < 1.29 is 4.79 Å². The molecule has 1 aliphatic rings. The molecule has 19 heavy (non-hydrogen) atoms. The molecule has 4 heteroatoms. The molecule has 1 rings (SSSR count). The quantitative estimate of drug-likeness (QED) is 0.670. The number of nitrogens with zero attached hydrogens (tertiary/aromatic N) is 1. The maximum absolute atomic E-state index is 11.8. The molecular weight excluding hydrogens is 238 g/mol. The van der Waals surface area contributed by atoms with Crippen LogP contribution in [0.3, 0.4) is 0 Å². The average molecular weight is 269 g/mol. The summed E-state index contributed by atoms with van der Waals surface area (Å²) in [5.41, 5.74) is 4.98. The van der Waals surface area contributed by atoms with Gasteiger partial charge in [-0.2, -0.15) is 0 Å². The molecule has 0 radical (unpaired) electrons. The Morgan fingerprint density at radius 1 is 1.37 bits per heavy atom. The lowest BCUT2D eigenvalue weighted by atomic mass is 9.98. The second-order valence-corrected chi connectivity index (χ2v) is 6.88. The van der Waals surface area contributed by atoms with Crippen molar-refractivity contribution in [3.05, 3.63) is 0 Å². The van der Waals surface area contributed by atoms with E-state index in [4.69, 9.17) is 5.73 Å². The standard InChI is InChI=1S/C15H31N3O/c1-11(2)8-9-18(13-6-7-13)10-15(5,14(16)19)17-12(3)4/h11-13,17H,6-10H2,1-5H3,(H2,16,19). The number of hydrogen-bond donors (Lipinski definition) is 2. The molecule has 1 saturated carbocycles. The zero-order valence-electron chi connectivity index (χ0n) is 13.2. The summed E-state index contributed by atoms with van der Waals surface area (Å²) in [6.45, 7) is 12.3. The van der Waals surface area contributed by atoms with Crippen molar-refractivity contribution in [3.8, 4) is 0 Å². The van der Waals surface area contributed by atoms with Crippen molar-refractivity contribution in [3.63, 3.8) is 0 Å². The summed E-state index contributed by atoms with van der Waals surface area (Å²) in [6.07, 6.45) is 3.69. The molecule has 0 heterocycles. The Morgan fingerprint density at radius 2 is 1.95 bits per heavy atom. The van der Waals surface area contributed by atoms with E-state index in [9.17, 15) is 4.79 Å². The van der Waals surface area contributed by atoms with E-state index in [2.05, 4.69) is 37.9 Å². The Kier molecular flexibility index (Phi) is 5.81. The first-order chi connectivity index (χ1) is 8.74. The van der Waals surface area contributed by atoms with Gasteiger partial charge in [-0.25, -0.2) is 0 Å². The van der Waals surface area contributed by atoms with Gasteiger partial charge < -0.3 is 11.1 Å². The molecule has 3 N–H and O–H groups in total. The van der Waals surface area contributed by atoms with Crippen molar-refractivity contribution in [1.82, 2.24) is 10.2 Å². The lowest BCUT2D eigenvalue weighted by Crippen LogP contribution is -2.61. The van der Waals surface area contributed by atoms with Crippen LogP contribution < -0.4 is 11.1 Å². The minimum Gasteiger partial charge on any atom is -0.368 e. The summed E-state index contributed by atoms with van der Waals surface area (Å²) in [4.78, 5) is 14.3. The molecule has 1 amide bonds. The number of primary amides is 1. The Bertz CT molecular complexity index is 300. The molecule has 0 aliphatic heterocycles. The second kappa shape index (κ2) is 6.71. The third-order valence-electron chi connectivity index (χ3n) is 3.73. The molecular formula is C15H31N3O. The zero-order valence-corrected chi connectivity index (χ0v) is 13.2. The summed E-state index contributed by atoms with van der Waals surface area (Å²) in [5, 5.41) is 3.34. The van der Waals surface area contributed by atoms with Gasteiger partial charge in [0.25, 0.3) is 0 Å². The summed E-state index contributed by atoms with van der Waals surface area (Å²) < 4.78 is 0. The molecule has 0 aromatic rings. The fourth-order valence-corrected chi connectivity index (χ4v) is 2.49. The molecule has 0 aromatic heterocycles. The van der Waals surface area contributed by atoms with Crippen molar-refractivity contribution in [1.29, 1.82) is 0 Å².